The SMILES string of the molecule is COc1ccc(CO[C@H](C)[C@H](O[Si](C)(C)C(C)(C)C)C(=O)C[C@H](O)C(C)(C)C)cc1.COc1ccc(CO[C@H](C)[C@H](O[Si](C)(C)C(C)(C)C)C(=O)C[C@H](O)C(C)(C)C)cc1. The number of carbonyl (C=O) groups is 2. The van der Waals surface area contributed by atoms with Gasteiger partial charge in [0.1, 0.15) is 23.7 Å². The van der Waals surface area contributed by atoms with Crippen molar-refractivity contribution in [3.8, 4) is 11.5 Å². The predicted octanol–water partition coefficient (Wildman–Crippen LogP) is 10.7. The zero-order valence-corrected chi connectivity index (χ0v) is 43.1. The lowest BCUT2D eigenvalue weighted by Crippen LogP contribution is -2.50. The molecule has 0 aliphatic rings. The Morgan fingerprint density at radius 3 is 1.02 bits per heavy atom. The van der Waals surface area contributed by atoms with E-state index in [0.717, 1.165) is 22.6 Å². The van der Waals surface area contributed by atoms with Crippen molar-refractivity contribution in [3.05, 3.63) is 59.7 Å². The third kappa shape index (κ3) is 18.1. The molecule has 0 aromatic heterocycles. The van der Waals surface area contributed by atoms with Gasteiger partial charge in [-0.05, 0) is 96.3 Å². The minimum atomic E-state index is -2.21. The number of benzene rings is 2. The number of Topliss-reactive ketones (excluding diaryl/α,β-unsaturated/α-hetero) is 2. The van der Waals surface area contributed by atoms with Gasteiger partial charge in [-0.15, -0.1) is 0 Å². The van der Waals surface area contributed by atoms with E-state index < -0.39 is 53.3 Å². The molecule has 0 aliphatic carbocycles. The van der Waals surface area contributed by atoms with Gasteiger partial charge in [0, 0.05) is 12.8 Å². The number of hydrogen-bond donors (Lipinski definition) is 2. The van der Waals surface area contributed by atoms with Crippen molar-refractivity contribution in [2.75, 3.05) is 14.2 Å². The van der Waals surface area contributed by atoms with E-state index in [1.165, 1.54) is 0 Å². The Kier molecular flexibility index (Phi) is 21.1. The highest BCUT2D eigenvalue weighted by atomic mass is 28.4. The van der Waals surface area contributed by atoms with Gasteiger partial charge >= 0.3 is 0 Å². The van der Waals surface area contributed by atoms with Crippen LogP contribution in [0.3, 0.4) is 0 Å². The summed E-state index contributed by atoms with van der Waals surface area (Å²) in [5.74, 6) is 1.36. The number of aliphatic hydroxyl groups is 2. The molecule has 0 spiro atoms. The quantitative estimate of drug-likeness (QED) is 0.124. The van der Waals surface area contributed by atoms with Crippen LogP contribution in [0, 0.1) is 10.8 Å². The molecule has 0 radical (unpaired) electrons. The fraction of sp³-hybridized carbons (Fsp3) is 0.708. The molecule has 0 heterocycles. The molecule has 2 N–H and O–H groups in total. The lowest BCUT2D eigenvalue weighted by Gasteiger charge is -2.40. The van der Waals surface area contributed by atoms with Gasteiger partial charge in [0.15, 0.2) is 28.2 Å². The van der Waals surface area contributed by atoms with Crippen LogP contribution in [-0.4, -0.2) is 89.3 Å². The van der Waals surface area contributed by atoms with E-state index in [-0.39, 0.29) is 45.3 Å². The number of aliphatic hydroxyl groups excluding tert-OH is 2. The first kappa shape index (κ1) is 55.6. The maximum atomic E-state index is 13.2. The third-order valence-electron chi connectivity index (χ3n) is 12.1. The van der Waals surface area contributed by atoms with Gasteiger partial charge in [-0.3, -0.25) is 9.59 Å². The minimum absolute atomic E-state index is 0.0378. The van der Waals surface area contributed by atoms with Crippen LogP contribution in [0.5, 0.6) is 11.5 Å². The Bertz CT molecular complexity index is 1460. The summed E-state index contributed by atoms with van der Waals surface area (Å²) in [6, 6.07) is 15.3. The average molecular weight is 877 g/mol. The Hall–Kier alpha value is -2.43. The van der Waals surface area contributed by atoms with E-state index in [1.807, 2.05) is 104 Å². The Balaban J connectivity index is 0.000000600. The molecule has 6 atom stereocenters. The number of ether oxygens (including phenoxy) is 4. The summed E-state index contributed by atoms with van der Waals surface area (Å²) in [6.07, 6.45) is -3.63. The molecule has 12 heteroatoms. The molecule has 0 fully saturated rings. The van der Waals surface area contributed by atoms with E-state index >= 15 is 0 Å². The first-order chi connectivity index (χ1) is 27.2. The highest BCUT2D eigenvalue weighted by Gasteiger charge is 2.44. The first-order valence-corrected chi connectivity index (χ1v) is 27.2. The second-order valence-electron chi connectivity index (χ2n) is 21.4. The molecule has 344 valence electrons. The molecule has 0 unspecified atom stereocenters. The van der Waals surface area contributed by atoms with Crippen LogP contribution < -0.4 is 9.47 Å². The van der Waals surface area contributed by atoms with Gasteiger partial charge in [-0.25, -0.2) is 0 Å². The van der Waals surface area contributed by atoms with Gasteiger partial charge in [0.25, 0.3) is 0 Å². The molecule has 0 amide bonds. The van der Waals surface area contributed by atoms with Crippen LogP contribution in [0.15, 0.2) is 48.5 Å². The Morgan fingerprint density at radius 2 is 0.800 bits per heavy atom. The lowest BCUT2D eigenvalue weighted by atomic mass is 9.85. The fourth-order valence-electron chi connectivity index (χ4n) is 5.13. The van der Waals surface area contributed by atoms with E-state index in [9.17, 15) is 19.8 Å². The average Bonchev–Trinajstić information content (AvgIpc) is 3.12. The molecule has 0 bridgehead atoms. The van der Waals surface area contributed by atoms with Crippen molar-refractivity contribution in [2.45, 2.75) is 196 Å². The highest BCUT2D eigenvalue weighted by molar-refractivity contribution is 6.74. The van der Waals surface area contributed by atoms with Gasteiger partial charge in [0.05, 0.1) is 51.8 Å². The second kappa shape index (κ2) is 22.8. The van der Waals surface area contributed by atoms with Crippen molar-refractivity contribution >= 4 is 28.2 Å². The number of methoxy groups -OCH3 is 2. The molecular weight excluding hydrogens is 793 g/mol. The maximum absolute atomic E-state index is 13.2. The van der Waals surface area contributed by atoms with Gasteiger partial charge in [-0.2, -0.15) is 0 Å². The van der Waals surface area contributed by atoms with Crippen molar-refractivity contribution < 1.29 is 47.6 Å². The summed E-state index contributed by atoms with van der Waals surface area (Å²) in [7, 11) is -1.15. The molecular formula is C48H84O10Si2. The van der Waals surface area contributed by atoms with Crippen molar-refractivity contribution in [2.24, 2.45) is 10.8 Å². The summed E-state index contributed by atoms with van der Waals surface area (Å²) in [6.45, 7) is 37.5. The van der Waals surface area contributed by atoms with Crippen LogP contribution in [0.25, 0.3) is 0 Å². The molecule has 0 aliphatic heterocycles. The number of hydrogen-bond acceptors (Lipinski definition) is 10. The fourth-order valence-corrected chi connectivity index (χ4v) is 7.76. The zero-order valence-electron chi connectivity index (χ0n) is 41.1. The Labute approximate surface area is 366 Å². The van der Waals surface area contributed by atoms with Crippen LogP contribution >= 0.6 is 0 Å². The molecule has 0 saturated heterocycles. The first-order valence-electron chi connectivity index (χ1n) is 21.4. The molecule has 0 saturated carbocycles. The highest BCUT2D eigenvalue weighted by Crippen LogP contribution is 2.40. The van der Waals surface area contributed by atoms with E-state index in [0.29, 0.717) is 13.2 Å². The molecule has 2 aromatic rings. The Morgan fingerprint density at radius 1 is 0.533 bits per heavy atom. The van der Waals surface area contributed by atoms with Crippen molar-refractivity contribution in [1.29, 1.82) is 0 Å². The van der Waals surface area contributed by atoms with Crippen LogP contribution in [0.1, 0.15) is 121 Å². The minimum Gasteiger partial charge on any atom is -0.497 e. The van der Waals surface area contributed by atoms with Gasteiger partial charge < -0.3 is 38.0 Å². The van der Waals surface area contributed by atoms with Crippen molar-refractivity contribution in [3.63, 3.8) is 0 Å². The number of rotatable bonds is 20. The smallest absolute Gasteiger partial charge is 0.193 e. The number of carbonyl (C=O) groups excluding carboxylic acids is 2. The summed E-state index contributed by atoms with van der Waals surface area (Å²) in [5, 5.41) is 20.9. The van der Waals surface area contributed by atoms with Crippen LogP contribution in [0.2, 0.25) is 36.3 Å². The molecule has 2 aromatic carbocycles. The topological polar surface area (TPSA) is 130 Å². The largest absolute Gasteiger partial charge is 0.497 e. The summed E-state index contributed by atoms with van der Waals surface area (Å²) in [5.41, 5.74) is 1.25. The summed E-state index contributed by atoms with van der Waals surface area (Å²) < 4.78 is 35.5. The third-order valence-corrected chi connectivity index (χ3v) is 21.0. The van der Waals surface area contributed by atoms with E-state index in [1.54, 1.807) is 14.2 Å². The molecule has 60 heavy (non-hydrogen) atoms. The monoisotopic (exact) mass is 877 g/mol. The lowest BCUT2D eigenvalue weighted by molar-refractivity contribution is -0.138. The van der Waals surface area contributed by atoms with Gasteiger partial charge in [0.2, 0.25) is 0 Å². The van der Waals surface area contributed by atoms with E-state index in [4.69, 9.17) is 27.8 Å². The predicted molar refractivity (Wildman–Crippen MR) is 249 cm³/mol. The zero-order chi connectivity index (χ0) is 46.7. The normalized spacial score (nSPS) is 16.1. The maximum Gasteiger partial charge on any atom is 0.193 e. The van der Waals surface area contributed by atoms with Crippen LogP contribution in [-0.2, 0) is 41.1 Å². The summed E-state index contributed by atoms with van der Waals surface area (Å²) in [4.78, 5) is 26.4. The molecule has 10 nitrogen and oxygen atoms in total. The van der Waals surface area contributed by atoms with Gasteiger partial charge in [-0.1, -0.05) is 107 Å². The second-order valence-corrected chi connectivity index (χ2v) is 30.9. The number of ketones is 2. The standard InChI is InChI=1S/2C24H42O5Si/c2*1-17(28-16-18-11-13-19(27-8)14-12-18)22(29-30(9,10)24(5,6)7)20(25)15-21(26)23(2,3)4/h2*11-14,17,21-22,26H,15-16H2,1-10H3/t2*17-,21+,22+/m11/s1. The summed E-state index contributed by atoms with van der Waals surface area (Å²) >= 11 is 0. The molecule has 2 rings (SSSR count). The van der Waals surface area contributed by atoms with Crippen molar-refractivity contribution in [1.82, 2.24) is 0 Å². The van der Waals surface area contributed by atoms with E-state index in [2.05, 4.69) is 67.7 Å². The van der Waals surface area contributed by atoms with Crippen LogP contribution in [0.4, 0.5) is 0 Å².